The predicted octanol–water partition coefficient (Wildman–Crippen LogP) is 2.14. The minimum atomic E-state index is 0.805. The van der Waals surface area contributed by atoms with E-state index >= 15 is 0 Å². The summed E-state index contributed by atoms with van der Waals surface area (Å²) in [5.74, 6) is 1.75. The molecule has 0 saturated heterocycles. The van der Waals surface area contributed by atoms with Crippen LogP contribution in [-0.4, -0.2) is 32.6 Å². The molecule has 1 aromatic rings. The fourth-order valence-electron chi connectivity index (χ4n) is 2.52. The van der Waals surface area contributed by atoms with Gasteiger partial charge in [0.05, 0.1) is 0 Å². The largest absolute Gasteiger partial charge is 0.364 e. The van der Waals surface area contributed by atoms with Crippen molar-refractivity contribution < 1.29 is 0 Å². The summed E-state index contributed by atoms with van der Waals surface area (Å²) in [5, 5.41) is 6.78. The van der Waals surface area contributed by atoms with E-state index < -0.39 is 0 Å². The van der Waals surface area contributed by atoms with Crippen LogP contribution in [0.2, 0.25) is 0 Å². The fraction of sp³-hybridized carbons (Fsp3) is 0.471. The average molecular weight is 284 g/mol. The quantitative estimate of drug-likeness (QED) is 0.494. The maximum Gasteiger partial charge on any atom is 0.191 e. The van der Waals surface area contributed by atoms with Crippen molar-refractivity contribution >= 4 is 11.6 Å². The highest BCUT2D eigenvalue weighted by Crippen LogP contribution is 2.27. The third-order valence-corrected chi connectivity index (χ3v) is 4.03. The molecular weight excluding hydrogens is 260 g/mol. The van der Waals surface area contributed by atoms with Crippen LogP contribution >= 0.6 is 0 Å². The van der Waals surface area contributed by atoms with Crippen LogP contribution in [0.4, 0.5) is 5.69 Å². The normalized spacial score (nSPS) is 18.1. The molecule has 1 aliphatic heterocycles. The number of aliphatic imine (C=N–C) groups is 1. The lowest BCUT2D eigenvalue weighted by Crippen LogP contribution is -2.37. The van der Waals surface area contributed by atoms with Crippen molar-refractivity contribution in [1.82, 2.24) is 10.6 Å². The van der Waals surface area contributed by atoms with Crippen LogP contribution in [0.25, 0.3) is 0 Å². The Morgan fingerprint density at radius 1 is 1.24 bits per heavy atom. The Morgan fingerprint density at radius 3 is 2.76 bits per heavy atom. The molecule has 4 heteroatoms. The summed E-state index contributed by atoms with van der Waals surface area (Å²) in [7, 11) is 1.83. The molecule has 0 atom stereocenters. The zero-order chi connectivity index (χ0) is 14.5. The Morgan fingerprint density at radius 2 is 2.05 bits per heavy atom. The van der Waals surface area contributed by atoms with Gasteiger partial charge in [0.2, 0.25) is 0 Å². The summed E-state index contributed by atoms with van der Waals surface area (Å²) in [5.41, 5.74) is 2.58. The first-order valence-corrected chi connectivity index (χ1v) is 7.78. The molecule has 1 fully saturated rings. The predicted molar refractivity (Wildman–Crippen MR) is 88.7 cm³/mol. The Kier molecular flexibility index (Phi) is 4.43. The number of nitrogens with one attached hydrogen (secondary N) is 2. The molecule has 21 heavy (non-hydrogen) atoms. The van der Waals surface area contributed by atoms with Crippen LogP contribution in [0.15, 0.2) is 41.4 Å². The minimum Gasteiger partial charge on any atom is -0.364 e. The van der Waals surface area contributed by atoms with Gasteiger partial charge in [-0.15, -0.1) is 0 Å². The SMILES string of the molecule is CN=C(NCc1cccc(N2CC=CC2)c1)NCC1CC1. The van der Waals surface area contributed by atoms with E-state index in [0.717, 1.165) is 38.1 Å². The van der Waals surface area contributed by atoms with Gasteiger partial charge in [-0.05, 0) is 36.5 Å². The molecule has 0 bridgehead atoms. The molecule has 2 N–H and O–H groups in total. The van der Waals surface area contributed by atoms with Gasteiger partial charge in [0.15, 0.2) is 5.96 Å². The number of benzene rings is 1. The number of nitrogens with zero attached hydrogens (tertiary/aromatic N) is 2. The molecule has 4 nitrogen and oxygen atoms in total. The second kappa shape index (κ2) is 6.66. The number of hydrogen-bond acceptors (Lipinski definition) is 2. The summed E-state index contributed by atoms with van der Waals surface area (Å²) < 4.78 is 0. The Hall–Kier alpha value is -1.97. The second-order valence-corrected chi connectivity index (χ2v) is 5.80. The molecule has 1 heterocycles. The van der Waals surface area contributed by atoms with E-state index in [9.17, 15) is 0 Å². The van der Waals surface area contributed by atoms with E-state index in [1.54, 1.807) is 0 Å². The van der Waals surface area contributed by atoms with Gasteiger partial charge in [-0.3, -0.25) is 4.99 Å². The van der Waals surface area contributed by atoms with E-state index in [1.165, 1.54) is 24.1 Å². The lowest BCUT2D eigenvalue weighted by atomic mass is 10.2. The molecule has 0 spiro atoms. The first-order valence-electron chi connectivity index (χ1n) is 7.78. The Bertz CT molecular complexity index is 523. The molecule has 1 aromatic carbocycles. The van der Waals surface area contributed by atoms with E-state index in [-0.39, 0.29) is 0 Å². The highest BCUT2D eigenvalue weighted by molar-refractivity contribution is 5.79. The van der Waals surface area contributed by atoms with Crippen LogP contribution < -0.4 is 15.5 Å². The molecule has 112 valence electrons. The van der Waals surface area contributed by atoms with Crippen LogP contribution in [0, 0.1) is 5.92 Å². The van der Waals surface area contributed by atoms with Crippen molar-refractivity contribution in [2.45, 2.75) is 19.4 Å². The summed E-state index contributed by atoms with van der Waals surface area (Å²) >= 11 is 0. The van der Waals surface area contributed by atoms with E-state index in [0.29, 0.717) is 0 Å². The lowest BCUT2D eigenvalue weighted by molar-refractivity contribution is 0.737. The summed E-state index contributed by atoms with van der Waals surface area (Å²) in [4.78, 5) is 6.64. The van der Waals surface area contributed by atoms with Crippen molar-refractivity contribution in [1.29, 1.82) is 0 Å². The number of hydrogen-bond donors (Lipinski definition) is 2. The summed E-state index contributed by atoms with van der Waals surface area (Å²) in [6.07, 6.45) is 7.15. The van der Waals surface area contributed by atoms with Crippen molar-refractivity contribution in [2.75, 3.05) is 31.6 Å². The smallest absolute Gasteiger partial charge is 0.191 e. The standard InChI is InChI=1S/C17H24N4/c1-18-17(19-12-14-7-8-14)20-13-15-5-4-6-16(11-15)21-9-2-3-10-21/h2-6,11,14H,7-10,12-13H2,1H3,(H2,18,19,20). The lowest BCUT2D eigenvalue weighted by Gasteiger charge is -2.19. The second-order valence-electron chi connectivity index (χ2n) is 5.80. The fourth-order valence-corrected chi connectivity index (χ4v) is 2.52. The van der Waals surface area contributed by atoms with Crippen LogP contribution in [0.3, 0.4) is 0 Å². The van der Waals surface area contributed by atoms with Crippen molar-refractivity contribution in [3.63, 3.8) is 0 Å². The van der Waals surface area contributed by atoms with Gasteiger partial charge in [-0.1, -0.05) is 24.3 Å². The highest BCUT2D eigenvalue weighted by Gasteiger charge is 2.21. The van der Waals surface area contributed by atoms with Gasteiger partial charge in [-0.2, -0.15) is 0 Å². The maximum absolute atomic E-state index is 4.28. The molecule has 0 aromatic heterocycles. The van der Waals surface area contributed by atoms with Crippen molar-refractivity contribution in [3.05, 3.63) is 42.0 Å². The van der Waals surface area contributed by atoms with Gasteiger partial charge in [-0.25, -0.2) is 0 Å². The average Bonchev–Trinajstić information content (AvgIpc) is 3.19. The Labute approximate surface area is 126 Å². The van der Waals surface area contributed by atoms with Crippen LogP contribution in [0.5, 0.6) is 0 Å². The number of rotatable bonds is 5. The van der Waals surface area contributed by atoms with Gasteiger partial charge < -0.3 is 15.5 Å². The highest BCUT2D eigenvalue weighted by atomic mass is 15.2. The van der Waals surface area contributed by atoms with E-state index in [4.69, 9.17) is 0 Å². The van der Waals surface area contributed by atoms with Gasteiger partial charge >= 0.3 is 0 Å². The minimum absolute atomic E-state index is 0.805. The zero-order valence-corrected chi connectivity index (χ0v) is 12.7. The Balaban J connectivity index is 1.52. The van der Waals surface area contributed by atoms with Crippen molar-refractivity contribution in [2.24, 2.45) is 10.9 Å². The summed E-state index contributed by atoms with van der Waals surface area (Å²) in [6, 6.07) is 8.73. The maximum atomic E-state index is 4.28. The van der Waals surface area contributed by atoms with Crippen LogP contribution in [-0.2, 0) is 6.54 Å². The monoisotopic (exact) mass is 284 g/mol. The van der Waals surface area contributed by atoms with E-state index in [2.05, 4.69) is 56.9 Å². The van der Waals surface area contributed by atoms with Crippen molar-refractivity contribution in [3.8, 4) is 0 Å². The molecule has 0 radical (unpaired) electrons. The van der Waals surface area contributed by atoms with Gasteiger partial charge in [0.1, 0.15) is 0 Å². The first kappa shape index (κ1) is 14.0. The van der Waals surface area contributed by atoms with E-state index in [1.807, 2.05) is 7.05 Å². The number of guanidine groups is 1. The molecule has 1 aliphatic carbocycles. The molecule has 0 unspecified atom stereocenters. The third-order valence-electron chi connectivity index (χ3n) is 4.03. The van der Waals surface area contributed by atoms with Gasteiger partial charge in [0, 0.05) is 38.9 Å². The molecule has 2 aliphatic rings. The molecule has 1 saturated carbocycles. The topological polar surface area (TPSA) is 39.7 Å². The zero-order valence-electron chi connectivity index (χ0n) is 12.7. The van der Waals surface area contributed by atoms with Gasteiger partial charge in [0.25, 0.3) is 0 Å². The third kappa shape index (κ3) is 4.00. The van der Waals surface area contributed by atoms with Crippen LogP contribution in [0.1, 0.15) is 18.4 Å². The molecule has 0 amide bonds. The molecule has 3 rings (SSSR count). The first-order chi connectivity index (χ1) is 10.3. The summed E-state index contributed by atoms with van der Waals surface area (Å²) in [6.45, 7) is 3.88. The number of anilines is 1. The molecular formula is C17H24N4.